The maximum Gasteiger partial charge on any atom is 0.416 e. The van der Waals surface area contributed by atoms with Crippen molar-refractivity contribution >= 4 is 27.3 Å². The third kappa shape index (κ3) is 6.19. The van der Waals surface area contributed by atoms with Crippen LogP contribution >= 0.6 is 0 Å². The first kappa shape index (κ1) is 22.1. The van der Waals surface area contributed by atoms with Gasteiger partial charge in [0, 0.05) is 24.1 Å². The summed E-state index contributed by atoms with van der Waals surface area (Å²) in [6.45, 7) is -0.322. The van der Waals surface area contributed by atoms with Gasteiger partial charge in [-0.2, -0.15) is 13.2 Å². The number of carbonyl (C=O) groups is 1. The van der Waals surface area contributed by atoms with Crippen LogP contribution < -0.4 is 14.8 Å². The number of sulfonamides is 1. The molecule has 0 aliphatic carbocycles. The molecule has 1 heterocycles. The van der Waals surface area contributed by atoms with E-state index in [2.05, 4.69) is 15.0 Å². The molecule has 7 nitrogen and oxygen atoms in total. The maximum atomic E-state index is 12.6. The van der Waals surface area contributed by atoms with Gasteiger partial charge >= 0.3 is 6.18 Å². The molecule has 2 N–H and O–H groups in total. The Morgan fingerprint density at radius 1 is 0.968 bits per heavy atom. The monoisotopic (exact) mass is 451 g/mol. The molecule has 31 heavy (non-hydrogen) atoms. The van der Waals surface area contributed by atoms with Crippen molar-refractivity contribution < 1.29 is 31.1 Å². The normalized spacial score (nSPS) is 11.6. The lowest BCUT2D eigenvalue weighted by atomic mass is 10.2. The van der Waals surface area contributed by atoms with Crippen molar-refractivity contribution in [3.63, 3.8) is 0 Å². The largest absolute Gasteiger partial charge is 0.484 e. The van der Waals surface area contributed by atoms with Crippen LogP contribution in [0.2, 0.25) is 0 Å². The van der Waals surface area contributed by atoms with E-state index in [9.17, 15) is 26.4 Å². The number of alkyl halides is 3. The van der Waals surface area contributed by atoms with Gasteiger partial charge in [-0.25, -0.2) is 8.42 Å². The molecule has 0 saturated carbocycles. The standard InChI is InChI=1S/C20H16F3N3O4S/c21-20(22,23)14-4-6-18(7-5-14)31(28,29)26-16-2-1-3-17(12-16)30-13-19(27)25-15-8-10-24-11-9-15/h1-12,26H,13H2,(H,24,25,27). The van der Waals surface area contributed by atoms with Crippen LogP contribution in [0.15, 0.2) is 78.0 Å². The van der Waals surface area contributed by atoms with Crippen LogP contribution in [0.5, 0.6) is 5.75 Å². The number of hydrogen-bond donors (Lipinski definition) is 2. The number of amides is 1. The zero-order chi connectivity index (χ0) is 22.5. The third-order valence-corrected chi connectivity index (χ3v) is 5.31. The second-order valence-corrected chi connectivity index (χ2v) is 7.91. The third-order valence-electron chi connectivity index (χ3n) is 3.91. The van der Waals surface area contributed by atoms with Crippen molar-refractivity contribution in [1.82, 2.24) is 4.98 Å². The van der Waals surface area contributed by atoms with Crippen molar-refractivity contribution in [2.75, 3.05) is 16.6 Å². The van der Waals surface area contributed by atoms with Gasteiger partial charge in [0.15, 0.2) is 6.61 Å². The smallest absolute Gasteiger partial charge is 0.416 e. The predicted molar refractivity (Wildman–Crippen MR) is 107 cm³/mol. The second kappa shape index (κ2) is 9.04. The van der Waals surface area contributed by atoms with Crippen LogP contribution in [0.3, 0.4) is 0 Å². The summed E-state index contributed by atoms with van der Waals surface area (Å²) in [5, 5.41) is 2.61. The van der Waals surface area contributed by atoms with Crippen LogP contribution in [0, 0.1) is 0 Å². The van der Waals surface area contributed by atoms with E-state index in [0.29, 0.717) is 17.8 Å². The van der Waals surface area contributed by atoms with Crippen molar-refractivity contribution in [2.24, 2.45) is 0 Å². The molecule has 0 aliphatic rings. The Hall–Kier alpha value is -3.60. The highest BCUT2D eigenvalue weighted by Crippen LogP contribution is 2.30. The van der Waals surface area contributed by atoms with Crippen LogP contribution in [-0.2, 0) is 21.0 Å². The quantitative estimate of drug-likeness (QED) is 0.568. The highest BCUT2D eigenvalue weighted by Gasteiger charge is 2.30. The molecule has 2 aromatic carbocycles. The van der Waals surface area contributed by atoms with Gasteiger partial charge in [0.25, 0.3) is 15.9 Å². The number of carbonyl (C=O) groups excluding carboxylic acids is 1. The Balaban J connectivity index is 1.63. The van der Waals surface area contributed by atoms with Gasteiger partial charge in [-0.15, -0.1) is 0 Å². The molecule has 0 fully saturated rings. The summed E-state index contributed by atoms with van der Waals surface area (Å²) in [5.41, 5.74) is -0.291. The zero-order valence-corrected chi connectivity index (χ0v) is 16.6. The molecule has 0 unspecified atom stereocenters. The second-order valence-electron chi connectivity index (χ2n) is 6.23. The van der Waals surface area contributed by atoms with E-state index in [1.165, 1.54) is 36.7 Å². The number of nitrogens with one attached hydrogen (secondary N) is 2. The highest BCUT2D eigenvalue weighted by atomic mass is 32.2. The molecule has 0 aliphatic heterocycles. The SMILES string of the molecule is O=C(COc1cccc(NS(=O)(=O)c2ccc(C(F)(F)F)cc2)c1)Nc1ccncc1. The summed E-state index contributed by atoms with van der Waals surface area (Å²) in [5.74, 6) is -0.209. The fourth-order valence-electron chi connectivity index (χ4n) is 2.47. The number of benzene rings is 2. The van der Waals surface area contributed by atoms with E-state index in [1.807, 2.05) is 0 Å². The summed E-state index contributed by atoms with van der Waals surface area (Å²) >= 11 is 0. The molecular formula is C20H16F3N3O4S. The molecule has 1 aromatic heterocycles. The Kier molecular flexibility index (Phi) is 6.44. The van der Waals surface area contributed by atoms with E-state index < -0.39 is 27.7 Å². The lowest BCUT2D eigenvalue weighted by Crippen LogP contribution is -2.20. The van der Waals surface area contributed by atoms with Crippen LogP contribution in [0.1, 0.15) is 5.56 Å². The van der Waals surface area contributed by atoms with E-state index >= 15 is 0 Å². The van der Waals surface area contributed by atoms with Crippen molar-refractivity contribution in [3.05, 3.63) is 78.6 Å². The molecule has 1 amide bonds. The minimum Gasteiger partial charge on any atom is -0.484 e. The predicted octanol–water partition coefficient (Wildman–Crippen LogP) is 3.92. The van der Waals surface area contributed by atoms with Crippen LogP contribution in [-0.4, -0.2) is 25.9 Å². The van der Waals surface area contributed by atoms with Crippen molar-refractivity contribution in [3.8, 4) is 5.75 Å². The minimum atomic E-state index is -4.56. The number of halogens is 3. The lowest BCUT2D eigenvalue weighted by molar-refractivity contribution is -0.137. The van der Waals surface area contributed by atoms with Crippen molar-refractivity contribution in [1.29, 1.82) is 0 Å². The van der Waals surface area contributed by atoms with Crippen LogP contribution in [0.25, 0.3) is 0 Å². The minimum absolute atomic E-state index is 0.118. The van der Waals surface area contributed by atoms with Gasteiger partial charge in [-0.05, 0) is 48.5 Å². The zero-order valence-electron chi connectivity index (χ0n) is 15.8. The molecular weight excluding hydrogens is 435 g/mol. The van der Waals surface area contributed by atoms with Gasteiger partial charge in [-0.3, -0.25) is 14.5 Å². The maximum absolute atomic E-state index is 12.6. The summed E-state index contributed by atoms with van der Waals surface area (Å²) in [6.07, 6.45) is -1.53. The molecule has 0 atom stereocenters. The van der Waals surface area contributed by atoms with Gasteiger partial charge in [-0.1, -0.05) is 6.07 Å². The number of anilines is 2. The summed E-state index contributed by atoms with van der Waals surface area (Å²) < 4.78 is 70.5. The number of nitrogens with zero attached hydrogens (tertiary/aromatic N) is 1. The lowest BCUT2D eigenvalue weighted by Gasteiger charge is -2.12. The number of aromatic nitrogens is 1. The molecule has 0 saturated heterocycles. The first-order chi connectivity index (χ1) is 14.6. The molecule has 3 rings (SSSR count). The number of rotatable bonds is 7. The Labute approximate surface area is 175 Å². The average molecular weight is 451 g/mol. The molecule has 11 heteroatoms. The van der Waals surface area contributed by atoms with Gasteiger partial charge in [0.1, 0.15) is 5.75 Å². The molecule has 3 aromatic rings. The number of hydrogen-bond acceptors (Lipinski definition) is 5. The van der Waals surface area contributed by atoms with E-state index in [1.54, 1.807) is 12.1 Å². The Morgan fingerprint density at radius 3 is 2.29 bits per heavy atom. The first-order valence-corrected chi connectivity index (χ1v) is 10.2. The average Bonchev–Trinajstić information content (AvgIpc) is 2.72. The Morgan fingerprint density at radius 2 is 1.65 bits per heavy atom. The van der Waals surface area contributed by atoms with Gasteiger partial charge < -0.3 is 10.1 Å². The van der Waals surface area contributed by atoms with E-state index in [4.69, 9.17) is 4.74 Å². The molecule has 0 spiro atoms. The van der Waals surface area contributed by atoms with Gasteiger partial charge in [0.2, 0.25) is 0 Å². The molecule has 0 bridgehead atoms. The van der Waals surface area contributed by atoms with Gasteiger partial charge in [0.05, 0.1) is 16.1 Å². The highest BCUT2D eigenvalue weighted by molar-refractivity contribution is 7.92. The number of pyridine rings is 1. The fraction of sp³-hybridized carbons (Fsp3) is 0.100. The first-order valence-electron chi connectivity index (χ1n) is 8.76. The summed E-state index contributed by atoms with van der Waals surface area (Å²) in [6, 6.07) is 12.1. The Bertz CT molecular complexity index is 1150. The summed E-state index contributed by atoms with van der Waals surface area (Å²) in [4.78, 5) is 15.4. The topological polar surface area (TPSA) is 97.4 Å². The molecule has 162 valence electrons. The summed E-state index contributed by atoms with van der Waals surface area (Å²) in [7, 11) is -4.12. The van der Waals surface area contributed by atoms with E-state index in [-0.39, 0.29) is 22.9 Å². The van der Waals surface area contributed by atoms with Crippen molar-refractivity contribution in [2.45, 2.75) is 11.1 Å². The van der Waals surface area contributed by atoms with Crippen LogP contribution in [0.4, 0.5) is 24.5 Å². The molecule has 0 radical (unpaired) electrons. The van der Waals surface area contributed by atoms with E-state index in [0.717, 1.165) is 12.1 Å². The number of ether oxygens (including phenoxy) is 1. The fourth-order valence-corrected chi connectivity index (χ4v) is 3.52.